The second kappa shape index (κ2) is 11.8. The molecule has 176 valence electrons. The summed E-state index contributed by atoms with van der Waals surface area (Å²) in [5.74, 6) is -1.37. The molecule has 2 aromatic carbocycles. The number of nitrogens with two attached hydrogens (primary N) is 2. The lowest BCUT2D eigenvalue weighted by Gasteiger charge is -2.33. The van der Waals surface area contributed by atoms with E-state index in [0.717, 1.165) is 29.3 Å². The van der Waals surface area contributed by atoms with Gasteiger partial charge in [-0.25, -0.2) is 4.79 Å². The van der Waals surface area contributed by atoms with E-state index in [1.165, 1.54) is 4.90 Å². The fraction of sp³-hybridized carbons (Fsp3) is 0.520. The van der Waals surface area contributed by atoms with E-state index in [1.54, 1.807) is 0 Å². The van der Waals surface area contributed by atoms with E-state index >= 15 is 0 Å². The number of hydrogen-bond acceptors (Lipinski definition) is 5. The summed E-state index contributed by atoms with van der Waals surface area (Å²) >= 11 is 0. The maximum atomic E-state index is 13.2. The SMILES string of the molecule is CC(C)(C)CCN(C(=O)[C@H](N)CCCCN)[C@@H](CNc1ccc2ccccc2c1)C(=O)O. The first-order chi connectivity index (χ1) is 15.1. The van der Waals surface area contributed by atoms with Crippen molar-refractivity contribution in [3.05, 3.63) is 42.5 Å². The minimum Gasteiger partial charge on any atom is -0.480 e. The lowest BCUT2D eigenvalue weighted by atomic mass is 9.91. The highest BCUT2D eigenvalue weighted by atomic mass is 16.4. The average molecular weight is 443 g/mol. The van der Waals surface area contributed by atoms with Crippen molar-refractivity contribution in [1.29, 1.82) is 0 Å². The summed E-state index contributed by atoms with van der Waals surface area (Å²) in [4.78, 5) is 26.8. The second-order valence-corrected chi connectivity index (χ2v) is 9.53. The van der Waals surface area contributed by atoms with Gasteiger partial charge in [0, 0.05) is 18.8 Å². The molecule has 2 atom stereocenters. The van der Waals surface area contributed by atoms with E-state index < -0.39 is 18.1 Å². The lowest BCUT2D eigenvalue weighted by Crippen LogP contribution is -2.54. The van der Waals surface area contributed by atoms with Gasteiger partial charge in [-0.1, -0.05) is 57.5 Å². The summed E-state index contributed by atoms with van der Waals surface area (Å²) in [6, 6.07) is 12.1. The van der Waals surface area contributed by atoms with Crippen molar-refractivity contribution in [3.8, 4) is 0 Å². The summed E-state index contributed by atoms with van der Waals surface area (Å²) in [7, 11) is 0. The molecule has 0 spiro atoms. The number of carboxylic acid groups (broad SMARTS) is 1. The van der Waals surface area contributed by atoms with Crippen molar-refractivity contribution in [2.75, 3.05) is 25.0 Å². The molecular formula is C25H38N4O3. The lowest BCUT2D eigenvalue weighted by molar-refractivity contribution is -0.150. The highest BCUT2D eigenvalue weighted by Crippen LogP contribution is 2.22. The number of anilines is 1. The van der Waals surface area contributed by atoms with Crippen molar-refractivity contribution in [2.45, 2.75) is 58.5 Å². The number of nitrogens with zero attached hydrogens (tertiary/aromatic N) is 1. The van der Waals surface area contributed by atoms with Crippen LogP contribution in [0.3, 0.4) is 0 Å². The first-order valence-corrected chi connectivity index (χ1v) is 11.3. The number of benzene rings is 2. The largest absolute Gasteiger partial charge is 0.480 e. The Bertz CT molecular complexity index is 894. The molecular weight excluding hydrogens is 404 g/mol. The molecule has 7 nitrogen and oxygen atoms in total. The molecule has 0 bridgehead atoms. The summed E-state index contributed by atoms with van der Waals surface area (Å²) in [5, 5.41) is 15.4. The van der Waals surface area contributed by atoms with E-state index in [1.807, 2.05) is 42.5 Å². The third-order valence-corrected chi connectivity index (χ3v) is 5.58. The molecule has 7 heteroatoms. The highest BCUT2D eigenvalue weighted by molar-refractivity contribution is 5.88. The van der Waals surface area contributed by atoms with E-state index in [0.29, 0.717) is 25.9 Å². The predicted octanol–water partition coefficient (Wildman–Crippen LogP) is 3.43. The van der Waals surface area contributed by atoms with E-state index in [-0.39, 0.29) is 17.9 Å². The van der Waals surface area contributed by atoms with Gasteiger partial charge >= 0.3 is 5.97 Å². The van der Waals surface area contributed by atoms with Crippen molar-refractivity contribution in [1.82, 2.24) is 4.90 Å². The van der Waals surface area contributed by atoms with Crippen molar-refractivity contribution >= 4 is 28.3 Å². The van der Waals surface area contributed by atoms with Crippen LogP contribution in [0.5, 0.6) is 0 Å². The monoisotopic (exact) mass is 442 g/mol. The number of hydrogen-bond donors (Lipinski definition) is 4. The van der Waals surface area contributed by atoms with E-state index in [2.05, 4.69) is 26.1 Å². The number of nitrogens with one attached hydrogen (secondary N) is 1. The molecule has 6 N–H and O–H groups in total. The molecule has 0 fully saturated rings. The molecule has 1 amide bonds. The predicted molar refractivity (Wildman–Crippen MR) is 131 cm³/mol. The van der Waals surface area contributed by atoms with Gasteiger partial charge in [0.1, 0.15) is 6.04 Å². The Kier molecular flexibility index (Phi) is 9.47. The number of aliphatic carboxylic acids is 1. The molecule has 0 aliphatic rings. The molecule has 0 aromatic heterocycles. The highest BCUT2D eigenvalue weighted by Gasteiger charge is 2.33. The Morgan fingerprint density at radius 2 is 1.78 bits per heavy atom. The van der Waals surface area contributed by atoms with Gasteiger partial charge in [-0.2, -0.15) is 0 Å². The first kappa shape index (κ1) is 25.6. The Hall–Kier alpha value is -2.64. The number of amides is 1. The molecule has 0 unspecified atom stereocenters. The van der Waals surface area contributed by atoms with Gasteiger partial charge in [0.15, 0.2) is 0 Å². The molecule has 0 radical (unpaired) electrons. The smallest absolute Gasteiger partial charge is 0.328 e. The zero-order valence-electron chi connectivity index (χ0n) is 19.5. The van der Waals surface area contributed by atoms with Crippen LogP contribution in [0.4, 0.5) is 5.69 Å². The molecule has 0 saturated carbocycles. The third kappa shape index (κ3) is 7.80. The minimum absolute atomic E-state index is 0.0446. The Morgan fingerprint density at radius 1 is 1.09 bits per heavy atom. The molecule has 0 aliphatic heterocycles. The topological polar surface area (TPSA) is 122 Å². The molecule has 2 aromatic rings. The fourth-order valence-corrected chi connectivity index (χ4v) is 3.57. The summed E-state index contributed by atoms with van der Waals surface area (Å²) in [6.45, 7) is 7.18. The Morgan fingerprint density at radius 3 is 2.41 bits per heavy atom. The zero-order valence-corrected chi connectivity index (χ0v) is 19.5. The number of carbonyl (C=O) groups is 2. The minimum atomic E-state index is -1.05. The number of carbonyl (C=O) groups excluding carboxylic acids is 1. The van der Waals surface area contributed by atoms with Crippen LogP contribution in [0, 0.1) is 5.41 Å². The van der Waals surface area contributed by atoms with Crippen LogP contribution in [0.15, 0.2) is 42.5 Å². The number of unbranched alkanes of at least 4 members (excludes halogenated alkanes) is 1. The Balaban J connectivity index is 2.18. The van der Waals surface area contributed by atoms with Gasteiger partial charge < -0.3 is 26.8 Å². The molecule has 0 saturated heterocycles. The van der Waals surface area contributed by atoms with Gasteiger partial charge in [-0.05, 0) is 54.1 Å². The summed E-state index contributed by atoms with van der Waals surface area (Å²) in [5.41, 5.74) is 12.5. The van der Waals surface area contributed by atoms with Gasteiger partial charge in [-0.15, -0.1) is 0 Å². The maximum absolute atomic E-state index is 13.2. The standard InChI is InChI=1S/C25H38N4O3/c1-25(2,3)13-15-29(23(30)21(27)10-6-7-14-26)22(24(31)32)17-28-20-12-11-18-8-4-5-9-19(18)16-20/h4-5,8-9,11-12,16,21-22,28H,6-7,10,13-15,17,26-27H2,1-3H3,(H,31,32)/t21-,22+/m1/s1. The van der Waals surface area contributed by atoms with Gasteiger partial charge in [0.2, 0.25) is 5.91 Å². The van der Waals surface area contributed by atoms with E-state index in [9.17, 15) is 14.7 Å². The van der Waals surface area contributed by atoms with Crippen LogP contribution in [0.25, 0.3) is 10.8 Å². The molecule has 0 aliphatic carbocycles. The van der Waals surface area contributed by atoms with Crippen LogP contribution in [0.1, 0.15) is 46.5 Å². The first-order valence-electron chi connectivity index (χ1n) is 11.3. The second-order valence-electron chi connectivity index (χ2n) is 9.53. The molecule has 32 heavy (non-hydrogen) atoms. The quantitative estimate of drug-likeness (QED) is 0.374. The van der Waals surface area contributed by atoms with Crippen molar-refractivity contribution in [3.63, 3.8) is 0 Å². The molecule has 0 heterocycles. The zero-order chi connectivity index (χ0) is 23.7. The van der Waals surface area contributed by atoms with Crippen molar-refractivity contribution in [2.24, 2.45) is 16.9 Å². The maximum Gasteiger partial charge on any atom is 0.328 e. The number of rotatable bonds is 12. The van der Waals surface area contributed by atoms with E-state index in [4.69, 9.17) is 11.5 Å². The van der Waals surface area contributed by atoms with Crippen LogP contribution >= 0.6 is 0 Å². The van der Waals surface area contributed by atoms with Gasteiger partial charge in [-0.3, -0.25) is 4.79 Å². The number of carboxylic acids is 1. The Labute approximate surface area is 191 Å². The number of fused-ring (bicyclic) bond motifs is 1. The van der Waals surface area contributed by atoms with Crippen molar-refractivity contribution < 1.29 is 14.7 Å². The summed E-state index contributed by atoms with van der Waals surface area (Å²) < 4.78 is 0. The molecule has 2 rings (SSSR count). The van der Waals surface area contributed by atoms with Gasteiger partial charge in [0.05, 0.1) is 6.04 Å². The fourth-order valence-electron chi connectivity index (χ4n) is 3.57. The normalized spacial score (nSPS) is 13.5. The van der Waals surface area contributed by atoms with Gasteiger partial charge in [0.25, 0.3) is 0 Å². The summed E-state index contributed by atoms with van der Waals surface area (Å²) in [6.07, 6.45) is 2.69. The third-order valence-electron chi connectivity index (χ3n) is 5.58. The van der Waals surface area contributed by atoms with Crippen LogP contribution in [-0.4, -0.2) is 53.6 Å². The van der Waals surface area contributed by atoms with Crippen LogP contribution < -0.4 is 16.8 Å². The van der Waals surface area contributed by atoms with Crippen LogP contribution in [-0.2, 0) is 9.59 Å². The average Bonchev–Trinajstić information content (AvgIpc) is 2.74. The van der Waals surface area contributed by atoms with Crippen LogP contribution in [0.2, 0.25) is 0 Å².